The van der Waals surface area contributed by atoms with E-state index in [1.54, 1.807) is 0 Å². The van der Waals surface area contributed by atoms with Crippen molar-refractivity contribution in [2.75, 3.05) is 0 Å². The molecule has 0 saturated heterocycles. The van der Waals surface area contributed by atoms with Gasteiger partial charge >= 0.3 is 5.97 Å². The van der Waals surface area contributed by atoms with Crippen LogP contribution >= 0.6 is 0 Å². The van der Waals surface area contributed by atoms with E-state index in [0.29, 0.717) is 41.9 Å². The summed E-state index contributed by atoms with van der Waals surface area (Å²) in [6.45, 7) is 22.0. The second-order valence-electron chi connectivity index (χ2n) is 16.9. The Morgan fingerprint density at radius 3 is 2.32 bits per heavy atom. The minimum Gasteiger partial charge on any atom is -0.519 e. The molecule has 4 aliphatic carbocycles. The van der Waals surface area contributed by atoms with Gasteiger partial charge in [0.2, 0.25) is 0 Å². The Kier molecular flexibility index (Phi) is 9.58. The predicted octanol–water partition coefficient (Wildman–Crippen LogP) is 8.54. The zero-order valence-corrected chi connectivity index (χ0v) is 29.1. The third kappa shape index (κ3) is 6.08. The van der Waals surface area contributed by atoms with Gasteiger partial charge in [0.25, 0.3) is 14.3 Å². The number of rotatable bonds is 8. The SMILES string of the molecule is CCC(C)C(=O)OC1CC[C@@]2(C)C(CCC3C2CC(O)[C@]2(C)C(C(C)CCC(=O)O[Si](C)(C)C(C)(C)C)CCC32)C1. The molecule has 0 spiro atoms. The molecular weight excluding hydrogens is 528 g/mol. The molecule has 4 aliphatic rings. The lowest BCUT2D eigenvalue weighted by Crippen LogP contribution is -2.59. The van der Waals surface area contributed by atoms with Crippen LogP contribution in [0.1, 0.15) is 126 Å². The van der Waals surface area contributed by atoms with Crippen LogP contribution in [-0.4, -0.2) is 37.6 Å². The Bertz CT molecular complexity index is 957. The summed E-state index contributed by atoms with van der Waals surface area (Å²) in [5.41, 5.74) is 0.151. The van der Waals surface area contributed by atoms with Crippen molar-refractivity contribution in [1.29, 1.82) is 0 Å². The first-order valence-electron chi connectivity index (χ1n) is 17.1. The largest absolute Gasteiger partial charge is 0.519 e. The number of esters is 1. The predicted molar refractivity (Wildman–Crippen MR) is 168 cm³/mol. The smallest absolute Gasteiger partial charge is 0.308 e. The van der Waals surface area contributed by atoms with Crippen LogP contribution in [0.5, 0.6) is 0 Å². The highest BCUT2D eigenvalue weighted by molar-refractivity contribution is 6.75. The number of aliphatic hydroxyl groups excluding tert-OH is 1. The third-order valence-corrected chi connectivity index (χ3v) is 18.1. The Morgan fingerprint density at radius 2 is 1.68 bits per heavy atom. The lowest BCUT2D eigenvalue weighted by Gasteiger charge is -2.62. The molecule has 6 heteroatoms. The van der Waals surface area contributed by atoms with Crippen LogP contribution in [0.25, 0.3) is 0 Å². The second-order valence-corrected chi connectivity index (χ2v) is 21.6. The van der Waals surface area contributed by atoms with Gasteiger partial charge < -0.3 is 14.3 Å². The number of hydrogen-bond donors (Lipinski definition) is 1. The summed E-state index contributed by atoms with van der Waals surface area (Å²) in [5.74, 6) is 3.11. The quantitative estimate of drug-likeness (QED) is 0.226. The molecule has 0 aliphatic heterocycles. The van der Waals surface area contributed by atoms with Crippen LogP contribution in [0.15, 0.2) is 0 Å². The summed E-state index contributed by atoms with van der Waals surface area (Å²) < 4.78 is 12.1. The van der Waals surface area contributed by atoms with Gasteiger partial charge in [0, 0.05) is 6.42 Å². The average Bonchev–Trinajstić information content (AvgIpc) is 3.25. The summed E-state index contributed by atoms with van der Waals surface area (Å²) in [6.07, 6.45) is 10.7. The molecule has 5 nitrogen and oxygen atoms in total. The van der Waals surface area contributed by atoms with Gasteiger partial charge in [0.15, 0.2) is 0 Å². The molecule has 0 aromatic heterocycles. The maximum atomic E-state index is 12.9. The van der Waals surface area contributed by atoms with E-state index in [4.69, 9.17) is 9.16 Å². The Balaban J connectivity index is 1.40. The van der Waals surface area contributed by atoms with Crippen molar-refractivity contribution in [1.82, 2.24) is 0 Å². The average molecular weight is 591 g/mol. The number of carbonyl (C=O) groups is 2. The van der Waals surface area contributed by atoms with Gasteiger partial charge in [-0.25, -0.2) is 0 Å². The fourth-order valence-electron chi connectivity index (χ4n) is 9.73. The minimum absolute atomic E-state index is 0.0225. The lowest BCUT2D eigenvalue weighted by molar-refractivity contribution is -0.183. The van der Waals surface area contributed by atoms with Gasteiger partial charge in [-0.1, -0.05) is 55.4 Å². The van der Waals surface area contributed by atoms with Gasteiger partial charge in [-0.3, -0.25) is 9.59 Å². The van der Waals surface area contributed by atoms with Crippen molar-refractivity contribution in [3.05, 3.63) is 0 Å². The van der Waals surface area contributed by atoms with E-state index in [1.807, 2.05) is 13.8 Å². The standard InChI is InChI=1S/C35H62O5Si/c1-11-22(2)32(38)39-25-18-19-34(7)24(20-25)13-14-26-28-16-15-27(35(28,8)30(36)21-29(26)34)23(3)12-17-31(37)40-41(9,10)33(4,5)6/h22-30,36H,11-21H2,1-10H3/t22?,23?,24?,25?,26?,27?,28?,29?,30?,34-,35+/m0/s1. The Morgan fingerprint density at radius 1 is 1.00 bits per heavy atom. The highest BCUT2D eigenvalue weighted by atomic mass is 28.4. The fourth-order valence-corrected chi connectivity index (χ4v) is 10.7. The summed E-state index contributed by atoms with van der Waals surface area (Å²) in [5, 5.41) is 11.9. The van der Waals surface area contributed by atoms with E-state index < -0.39 is 8.32 Å². The number of aliphatic hydroxyl groups is 1. The first-order chi connectivity index (χ1) is 19.0. The molecule has 0 bridgehead atoms. The molecule has 0 radical (unpaired) electrons. The zero-order chi connectivity index (χ0) is 30.5. The van der Waals surface area contributed by atoms with Crippen molar-refractivity contribution in [2.45, 2.75) is 156 Å². The van der Waals surface area contributed by atoms with Crippen LogP contribution in [-0.2, 0) is 18.8 Å². The maximum Gasteiger partial charge on any atom is 0.308 e. The van der Waals surface area contributed by atoms with E-state index in [1.165, 1.54) is 19.3 Å². The maximum absolute atomic E-state index is 12.9. The molecule has 9 unspecified atom stereocenters. The molecule has 1 N–H and O–H groups in total. The van der Waals surface area contributed by atoms with E-state index in [-0.39, 0.29) is 45.9 Å². The number of carbonyl (C=O) groups excluding carboxylic acids is 2. The zero-order valence-electron chi connectivity index (χ0n) is 28.1. The number of hydrogen-bond acceptors (Lipinski definition) is 5. The molecule has 236 valence electrons. The Labute approximate surface area is 252 Å². The lowest BCUT2D eigenvalue weighted by atomic mass is 9.43. The van der Waals surface area contributed by atoms with Crippen molar-refractivity contribution < 1.29 is 23.9 Å². The van der Waals surface area contributed by atoms with Gasteiger partial charge in [0.05, 0.1) is 12.0 Å². The van der Waals surface area contributed by atoms with Crippen LogP contribution in [0.3, 0.4) is 0 Å². The molecule has 4 saturated carbocycles. The first kappa shape index (κ1) is 33.0. The number of fused-ring (bicyclic) bond motifs is 5. The van der Waals surface area contributed by atoms with E-state index in [2.05, 4.69) is 54.6 Å². The van der Waals surface area contributed by atoms with Crippen LogP contribution in [0, 0.1) is 52.3 Å². The molecule has 4 rings (SSSR count). The van der Waals surface area contributed by atoms with Crippen LogP contribution < -0.4 is 0 Å². The second kappa shape index (κ2) is 11.9. The molecule has 0 aromatic rings. The highest BCUT2D eigenvalue weighted by Gasteiger charge is 2.64. The molecule has 0 heterocycles. The van der Waals surface area contributed by atoms with Gasteiger partial charge in [0.1, 0.15) is 6.10 Å². The molecule has 0 aromatic carbocycles. The van der Waals surface area contributed by atoms with Gasteiger partial charge in [-0.15, -0.1) is 0 Å². The van der Waals surface area contributed by atoms with Crippen LogP contribution in [0.2, 0.25) is 18.1 Å². The van der Waals surface area contributed by atoms with Gasteiger partial charge in [-0.2, -0.15) is 0 Å². The summed E-state index contributed by atoms with van der Waals surface area (Å²) in [7, 11) is -2.10. The molecule has 0 amide bonds. The van der Waals surface area contributed by atoms with Crippen molar-refractivity contribution >= 4 is 20.3 Å². The highest BCUT2D eigenvalue weighted by Crippen LogP contribution is 2.68. The van der Waals surface area contributed by atoms with Crippen molar-refractivity contribution in [3.8, 4) is 0 Å². The van der Waals surface area contributed by atoms with Crippen molar-refractivity contribution in [3.63, 3.8) is 0 Å². The monoisotopic (exact) mass is 590 g/mol. The molecular formula is C35H62O5Si. The van der Waals surface area contributed by atoms with E-state index in [0.717, 1.165) is 44.9 Å². The van der Waals surface area contributed by atoms with E-state index in [9.17, 15) is 14.7 Å². The summed E-state index contributed by atoms with van der Waals surface area (Å²) in [4.78, 5) is 25.4. The molecule has 11 atom stereocenters. The minimum atomic E-state index is -2.10. The number of ether oxygens (including phenoxy) is 1. The van der Waals surface area contributed by atoms with Crippen molar-refractivity contribution in [2.24, 2.45) is 52.3 Å². The van der Waals surface area contributed by atoms with Gasteiger partial charge in [-0.05, 0) is 129 Å². The third-order valence-electron chi connectivity index (χ3n) is 13.8. The topological polar surface area (TPSA) is 72.8 Å². The van der Waals surface area contributed by atoms with E-state index >= 15 is 0 Å². The normalized spacial score (nSPS) is 40.5. The summed E-state index contributed by atoms with van der Waals surface area (Å²) in [6, 6.07) is 0. The first-order valence-corrected chi connectivity index (χ1v) is 20.0. The Hall–Kier alpha value is -0.883. The molecule has 4 fully saturated rings. The van der Waals surface area contributed by atoms with Crippen LogP contribution in [0.4, 0.5) is 0 Å². The summed E-state index contributed by atoms with van der Waals surface area (Å²) >= 11 is 0. The fraction of sp³-hybridized carbons (Fsp3) is 0.943. The molecule has 41 heavy (non-hydrogen) atoms.